The van der Waals surface area contributed by atoms with Gasteiger partial charge in [0.05, 0.1) is 22.8 Å². The van der Waals surface area contributed by atoms with Gasteiger partial charge in [0.15, 0.2) is 5.82 Å². The predicted octanol–water partition coefficient (Wildman–Crippen LogP) is 2.96. The highest BCUT2D eigenvalue weighted by Gasteiger charge is 2.23. The van der Waals surface area contributed by atoms with Crippen LogP contribution in [-0.2, 0) is 0 Å². The van der Waals surface area contributed by atoms with Crippen molar-refractivity contribution in [1.29, 1.82) is 0 Å². The van der Waals surface area contributed by atoms with Crippen molar-refractivity contribution in [3.63, 3.8) is 0 Å². The molecular weight excluding hydrogens is 280 g/mol. The van der Waals surface area contributed by atoms with Gasteiger partial charge in [-0.05, 0) is 30.3 Å². The highest BCUT2D eigenvalue weighted by atomic mass is 35.5. The predicted molar refractivity (Wildman–Crippen MR) is 75.1 cm³/mol. The van der Waals surface area contributed by atoms with Gasteiger partial charge in [-0.1, -0.05) is 11.6 Å². The molecule has 2 aromatic rings. The lowest BCUT2D eigenvalue weighted by molar-refractivity contribution is 0.0697. The van der Waals surface area contributed by atoms with Gasteiger partial charge < -0.3 is 14.7 Å². The van der Waals surface area contributed by atoms with Crippen molar-refractivity contribution in [2.24, 2.45) is 0 Å². The molecule has 0 aliphatic carbocycles. The van der Waals surface area contributed by atoms with Crippen LogP contribution >= 0.6 is 11.6 Å². The molecule has 0 bridgehead atoms. The molecule has 0 spiro atoms. The number of carboxylic acid groups (broad SMARTS) is 1. The number of carboxylic acids is 1. The first kappa shape index (κ1) is 12.7. The Morgan fingerprint density at radius 3 is 3.00 bits per heavy atom. The lowest BCUT2D eigenvalue weighted by atomic mass is 10.1. The zero-order valence-electron chi connectivity index (χ0n) is 10.4. The van der Waals surface area contributed by atoms with Gasteiger partial charge in [0.2, 0.25) is 0 Å². The molecule has 1 aliphatic rings. The van der Waals surface area contributed by atoms with Gasteiger partial charge in [-0.15, -0.1) is 0 Å². The summed E-state index contributed by atoms with van der Waals surface area (Å²) in [5.74, 6) is 0.245. The number of halogens is 1. The number of hydrogen-bond acceptors (Lipinski definition) is 4. The third-order valence-corrected chi connectivity index (χ3v) is 3.36. The van der Waals surface area contributed by atoms with Crippen molar-refractivity contribution < 1.29 is 14.6 Å². The molecule has 0 atom stereocenters. The smallest absolute Gasteiger partial charge is 0.335 e. The summed E-state index contributed by atoms with van der Waals surface area (Å²) >= 11 is 6.17. The summed E-state index contributed by atoms with van der Waals surface area (Å²) in [5, 5.41) is 9.61. The largest absolute Gasteiger partial charge is 0.490 e. The van der Waals surface area contributed by atoms with Crippen molar-refractivity contribution in [1.82, 2.24) is 4.98 Å². The fourth-order valence-electron chi connectivity index (χ4n) is 2.15. The first-order valence-corrected chi connectivity index (χ1v) is 6.43. The summed E-state index contributed by atoms with van der Waals surface area (Å²) in [6.07, 6.45) is 1.65. The lowest BCUT2D eigenvalue weighted by Crippen LogP contribution is -2.29. The Morgan fingerprint density at radius 1 is 1.40 bits per heavy atom. The average molecular weight is 291 g/mol. The number of carbonyl (C=O) groups is 1. The van der Waals surface area contributed by atoms with Gasteiger partial charge in [0, 0.05) is 6.20 Å². The molecule has 0 amide bonds. The first-order valence-electron chi connectivity index (χ1n) is 6.05. The van der Waals surface area contributed by atoms with Gasteiger partial charge in [0.25, 0.3) is 0 Å². The molecule has 2 heterocycles. The van der Waals surface area contributed by atoms with Crippen molar-refractivity contribution in [2.75, 3.05) is 18.1 Å². The summed E-state index contributed by atoms with van der Waals surface area (Å²) in [4.78, 5) is 17.2. The normalized spacial score (nSPS) is 13.6. The molecule has 0 saturated heterocycles. The summed E-state index contributed by atoms with van der Waals surface area (Å²) < 4.78 is 5.54. The number of aromatic nitrogens is 1. The molecule has 1 aromatic carbocycles. The Kier molecular flexibility index (Phi) is 3.20. The van der Waals surface area contributed by atoms with E-state index in [9.17, 15) is 4.79 Å². The van der Waals surface area contributed by atoms with E-state index in [1.807, 2.05) is 4.90 Å². The molecule has 1 aliphatic heterocycles. The SMILES string of the molecule is O=C(O)c1ccc2c(c1)N(c1ncccc1Cl)CCO2. The van der Waals surface area contributed by atoms with Crippen LogP contribution in [0.3, 0.4) is 0 Å². The average Bonchev–Trinajstić information content (AvgIpc) is 2.46. The molecule has 3 rings (SSSR count). The fourth-order valence-corrected chi connectivity index (χ4v) is 2.37. The second-order valence-corrected chi connectivity index (χ2v) is 4.70. The minimum absolute atomic E-state index is 0.200. The van der Waals surface area contributed by atoms with E-state index in [1.165, 1.54) is 6.07 Å². The van der Waals surface area contributed by atoms with E-state index >= 15 is 0 Å². The van der Waals surface area contributed by atoms with Crippen molar-refractivity contribution >= 4 is 29.1 Å². The molecule has 6 heteroatoms. The molecule has 20 heavy (non-hydrogen) atoms. The van der Waals surface area contributed by atoms with E-state index in [2.05, 4.69) is 4.98 Å². The third kappa shape index (κ3) is 2.16. The quantitative estimate of drug-likeness (QED) is 0.921. The van der Waals surface area contributed by atoms with Crippen LogP contribution in [0.1, 0.15) is 10.4 Å². The third-order valence-electron chi connectivity index (χ3n) is 3.06. The van der Waals surface area contributed by atoms with Crippen molar-refractivity contribution in [2.45, 2.75) is 0 Å². The van der Waals surface area contributed by atoms with Gasteiger partial charge >= 0.3 is 5.97 Å². The summed E-state index contributed by atoms with van der Waals surface area (Å²) in [6.45, 7) is 1.05. The number of aromatic carboxylic acids is 1. The number of nitrogens with zero attached hydrogens (tertiary/aromatic N) is 2. The van der Waals surface area contributed by atoms with E-state index < -0.39 is 5.97 Å². The van der Waals surface area contributed by atoms with Crippen LogP contribution in [0.25, 0.3) is 0 Å². The second kappa shape index (κ2) is 5.02. The van der Waals surface area contributed by atoms with Gasteiger partial charge in [-0.25, -0.2) is 9.78 Å². The maximum absolute atomic E-state index is 11.1. The van der Waals surface area contributed by atoms with Crippen LogP contribution in [0, 0.1) is 0 Å². The molecule has 0 radical (unpaired) electrons. The van der Waals surface area contributed by atoms with Crippen LogP contribution < -0.4 is 9.64 Å². The Bertz CT molecular complexity index is 675. The zero-order chi connectivity index (χ0) is 14.1. The number of pyridine rings is 1. The summed E-state index contributed by atoms with van der Waals surface area (Å²) in [5.41, 5.74) is 0.864. The van der Waals surface area contributed by atoms with Crippen molar-refractivity contribution in [3.05, 3.63) is 47.1 Å². The minimum Gasteiger partial charge on any atom is -0.490 e. The summed E-state index contributed by atoms with van der Waals surface area (Å²) in [7, 11) is 0. The molecule has 0 fully saturated rings. The van der Waals surface area contributed by atoms with Crippen LogP contribution in [0.4, 0.5) is 11.5 Å². The number of hydrogen-bond donors (Lipinski definition) is 1. The second-order valence-electron chi connectivity index (χ2n) is 4.30. The van der Waals surface area contributed by atoms with E-state index in [0.29, 0.717) is 35.4 Å². The minimum atomic E-state index is -0.981. The molecular formula is C14H11ClN2O3. The number of benzene rings is 1. The number of fused-ring (bicyclic) bond motifs is 1. The lowest BCUT2D eigenvalue weighted by Gasteiger charge is -2.31. The number of rotatable bonds is 2. The fraction of sp³-hybridized carbons (Fsp3) is 0.143. The van der Waals surface area contributed by atoms with E-state index in [0.717, 1.165) is 0 Å². The highest BCUT2D eigenvalue weighted by Crippen LogP contribution is 2.38. The topological polar surface area (TPSA) is 62.7 Å². The van der Waals surface area contributed by atoms with Gasteiger partial charge in [0.1, 0.15) is 12.4 Å². The molecule has 1 N–H and O–H groups in total. The van der Waals surface area contributed by atoms with Crippen LogP contribution in [0.5, 0.6) is 5.75 Å². The van der Waals surface area contributed by atoms with Crippen LogP contribution in [0.15, 0.2) is 36.5 Å². The molecule has 102 valence electrons. The van der Waals surface area contributed by atoms with E-state index in [1.54, 1.807) is 30.5 Å². The van der Waals surface area contributed by atoms with Crippen LogP contribution in [0.2, 0.25) is 5.02 Å². The Balaban J connectivity index is 2.11. The maximum Gasteiger partial charge on any atom is 0.335 e. The molecule has 0 unspecified atom stereocenters. The van der Waals surface area contributed by atoms with E-state index in [-0.39, 0.29) is 5.56 Å². The molecule has 5 nitrogen and oxygen atoms in total. The van der Waals surface area contributed by atoms with Crippen LogP contribution in [-0.4, -0.2) is 29.2 Å². The van der Waals surface area contributed by atoms with Gasteiger partial charge in [-0.2, -0.15) is 0 Å². The first-order chi connectivity index (χ1) is 9.66. The Morgan fingerprint density at radius 2 is 2.25 bits per heavy atom. The van der Waals surface area contributed by atoms with E-state index in [4.69, 9.17) is 21.4 Å². The number of anilines is 2. The standard InChI is InChI=1S/C14H11ClN2O3/c15-10-2-1-5-16-13(10)17-6-7-20-12-4-3-9(14(18)19)8-11(12)17/h1-5,8H,6-7H2,(H,18,19). The number of ether oxygens (including phenoxy) is 1. The Hall–Kier alpha value is -2.27. The maximum atomic E-state index is 11.1. The molecule has 0 saturated carbocycles. The monoisotopic (exact) mass is 290 g/mol. The summed E-state index contributed by atoms with van der Waals surface area (Å²) in [6, 6.07) is 8.25. The molecule has 1 aromatic heterocycles. The highest BCUT2D eigenvalue weighted by molar-refractivity contribution is 6.33. The zero-order valence-corrected chi connectivity index (χ0v) is 11.2. The Labute approximate surface area is 120 Å². The van der Waals surface area contributed by atoms with Gasteiger partial charge in [-0.3, -0.25) is 0 Å². The van der Waals surface area contributed by atoms with Crippen molar-refractivity contribution in [3.8, 4) is 5.75 Å².